The number of rotatable bonds is 7. The van der Waals surface area contributed by atoms with Gasteiger partial charge in [0.25, 0.3) is 0 Å². The van der Waals surface area contributed by atoms with Crippen molar-refractivity contribution in [1.82, 2.24) is 10.6 Å². The SMILES string of the molecule is CC(N)C(=O)NC(Cc1ccccc1)C(=O)NC(C)P(=O)(O)O. The molecular formula is C14H22N3O5P. The third-order valence-corrected chi connectivity index (χ3v) is 4.32. The molecule has 3 unspecified atom stereocenters. The van der Waals surface area contributed by atoms with Crippen LogP contribution in [0.4, 0.5) is 0 Å². The highest BCUT2D eigenvalue weighted by Crippen LogP contribution is 2.39. The van der Waals surface area contributed by atoms with Crippen LogP contribution in [0.15, 0.2) is 30.3 Å². The molecule has 1 aromatic carbocycles. The molecule has 0 spiro atoms. The maximum absolute atomic E-state index is 12.3. The predicted molar refractivity (Wildman–Crippen MR) is 85.4 cm³/mol. The molecule has 0 aliphatic rings. The average molecular weight is 343 g/mol. The van der Waals surface area contributed by atoms with Gasteiger partial charge in [0, 0.05) is 6.42 Å². The van der Waals surface area contributed by atoms with Crippen LogP contribution in [0.5, 0.6) is 0 Å². The topological polar surface area (TPSA) is 142 Å². The molecule has 0 bridgehead atoms. The fraction of sp³-hybridized carbons (Fsp3) is 0.429. The zero-order chi connectivity index (χ0) is 17.6. The zero-order valence-electron chi connectivity index (χ0n) is 13.0. The fourth-order valence-electron chi connectivity index (χ4n) is 1.75. The summed E-state index contributed by atoms with van der Waals surface area (Å²) in [5, 5.41) is 4.72. The van der Waals surface area contributed by atoms with Gasteiger partial charge >= 0.3 is 7.60 Å². The van der Waals surface area contributed by atoms with Gasteiger partial charge in [0.05, 0.1) is 6.04 Å². The second-order valence-electron chi connectivity index (χ2n) is 5.31. The molecule has 1 rings (SSSR count). The van der Waals surface area contributed by atoms with Crippen LogP contribution >= 0.6 is 7.60 Å². The molecule has 1 aromatic rings. The lowest BCUT2D eigenvalue weighted by Crippen LogP contribution is -2.53. The van der Waals surface area contributed by atoms with Crippen LogP contribution in [-0.2, 0) is 20.6 Å². The van der Waals surface area contributed by atoms with E-state index in [0.717, 1.165) is 5.56 Å². The van der Waals surface area contributed by atoms with Crippen molar-refractivity contribution in [1.29, 1.82) is 0 Å². The summed E-state index contributed by atoms with van der Waals surface area (Å²) < 4.78 is 11.2. The Labute approximate surface area is 134 Å². The minimum Gasteiger partial charge on any atom is -0.343 e. The molecule has 8 nitrogen and oxygen atoms in total. The summed E-state index contributed by atoms with van der Waals surface area (Å²) in [6, 6.07) is 7.17. The van der Waals surface area contributed by atoms with E-state index in [4.69, 9.17) is 15.5 Å². The van der Waals surface area contributed by atoms with E-state index in [1.165, 1.54) is 13.8 Å². The van der Waals surface area contributed by atoms with E-state index < -0.39 is 37.3 Å². The number of carbonyl (C=O) groups is 2. The number of benzene rings is 1. The second kappa shape index (κ2) is 8.21. The first-order chi connectivity index (χ1) is 10.6. The molecule has 0 radical (unpaired) electrons. The van der Waals surface area contributed by atoms with Gasteiger partial charge in [0.2, 0.25) is 11.8 Å². The van der Waals surface area contributed by atoms with Gasteiger partial charge in [-0.2, -0.15) is 0 Å². The summed E-state index contributed by atoms with van der Waals surface area (Å²) in [6.07, 6.45) is 0.180. The third kappa shape index (κ3) is 6.50. The van der Waals surface area contributed by atoms with E-state index >= 15 is 0 Å². The van der Waals surface area contributed by atoms with Crippen molar-refractivity contribution >= 4 is 19.4 Å². The molecule has 9 heteroatoms. The van der Waals surface area contributed by atoms with Gasteiger partial charge < -0.3 is 26.2 Å². The standard InChI is InChI=1S/C14H22N3O5P/c1-9(15)13(18)17-12(8-11-6-4-3-5-7-11)14(19)16-10(2)23(20,21)22/h3-7,9-10,12H,8,15H2,1-2H3,(H,16,19)(H,17,18)(H2,20,21,22). The summed E-state index contributed by atoms with van der Waals surface area (Å²) in [5.74, 6) is -2.55. The van der Waals surface area contributed by atoms with Crippen molar-refractivity contribution < 1.29 is 23.9 Å². The maximum atomic E-state index is 12.3. The Morgan fingerprint density at radius 3 is 2.17 bits per heavy atom. The molecule has 0 aromatic heterocycles. The van der Waals surface area contributed by atoms with Gasteiger partial charge in [0.1, 0.15) is 11.8 Å². The van der Waals surface area contributed by atoms with Gasteiger partial charge in [-0.1, -0.05) is 30.3 Å². The summed E-state index contributed by atoms with van der Waals surface area (Å²) in [7, 11) is -4.46. The lowest BCUT2D eigenvalue weighted by molar-refractivity contribution is -0.129. The van der Waals surface area contributed by atoms with Crippen LogP contribution in [0.3, 0.4) is 0 Å². The summed E-state index contributed by atoms with van der Waals surface area (Å²) in [4.78, 5) is 42.1. The molecule has 23 heavy (non-hydrogen) atoms. The predicted octanol–water partition coefficient (Wildman–Crippen LogP) is -0.299. The quantitative estimate of drug-likeness (QED) is 0.430. The molecular weight excluding hydrogens is 321 g/mol. The molecule has 0 saturated carbocycles. The Morgan fingerprint density at radius 2 is 1.70 bits per heavy atom. The van der Waals surface area contributed by atoms with Crippen LogP contribution in [0.25, 0.3) is 0 Å². The molecule has 0 heterocycles. The van der Waals surface area contributed by atoms with Gasteiger partial charge in [-0.3, -0.25) is 14.2 Å². The van der Waals surface area contributed by atoms with Gasteiger partial charge in [0.15, 0.2) is 0 Å². The number of carbonyl (C=O) groups excluding carboxylic acids is 2. The molecule has 6 N–H and O–H groups in total. The van der Waals surface area contributed by atoms with Gasteiger partial charge in [-0.05, 0) is 19.4 Å². The monoisotopic (exact) mass is 343 g/mol. The van der Waals surface area contributed by atoms with Crippen molar-refractivity contribution in [2.75, 3.05) is 0 Å². The number of nitrogens with one attached hydrogen (secondary N) is 2. The highest BCUT2D eigenvalue weighted by Gasteiger charge is 2.29. The number of nitrogens with two attached hydrogens (primary N) is 1. The van der Waals surface area contributed by atoms with Gasteiger partial charge in [-0.25, -0.2) is 0 Å². The minimum absolute atomic E-state index is 0.180. The third-order valence-electron chi connectivity index (χ3n) is 3.18. The van der Waals surface area contributed by atoms with Crippen LogP contribution in [0.1, 0.15) is 19.4 Å². The van der Waals surface area contributed by atoms with Gasteiger partial charge in [-0.15, -0.1) is 0 Å². The number of hydrogen-bond acceptors (Lipinski definition) is 4. The first-order valence-corrected chi connectivity index (χ1v) is 8.75. The van der Waals surface area contributed by atoms with Crippen molar-refractivity contribution in [2.24, 2.45) is 5.73 Å². The van der Waals surface area contributed by atoms with E-state index in [0.29, 0.717) is 0 Å². The first kappa shape index (κ1) is 19.3. The van der Waals surface area contributed by atoms with Crippen LogP contribution in [0.2, 0.25) is 0 Å². The molecule has 128 valence electrons. The Morgan fingerprint density at radius 1 is 1.13 bits per heavy atom. The van der Waals surface area contributed by atoms with Crippen LogP contribution in [0, 0.1) is 0 Å². The molecule has 0 fully saturated rings. The maximum Gasteiger partial charge on any atom is 0.347 e. The highest BCUT2D eigenvalue weighted by atomic mass is 31.2. The Bertz CT molecular complexity index is 587. The molecule has 0 aliphatic carbocycles. The van der Waals surface area contributed by atoms with E-state index in [1.807, 2.05) is 6.07 Å². The lowest BCUT2D eigenvalue weighted by Gasteiger charge is -2.22. The smallest absolute Gasteiger partial charge is 0.343 e. The van der Waals surface area contributed by atoms with Crippen molar-refractivity contribution in [2.45, 2.75) is 38.1 Å². The molecule has 2 amide bonds. The first-order valence-electron chi connectivity index (χ1n) is 7.06. The largest absolute Gasteiger partial charge is 0.347 e. The van der Waals surface area contributed by atoms with E-state index in [2.05, 4.69) is 10.6 Å². The number of amides is 2. The minimum atomic E-state index is -4.46. The normalized spacial score (nSPS) is 15.3. The van der Waals surface area contributed by atoms with Crippen LogP contribution < -0.4 is 16.4 Å². The summed E-state index contributed by atoms with van der Waals surface area (Å²) >= 11 is 0. The van der Waals surface area contributed by atoms with Crippen molar-refractivity contribution in [3.05, 3.63) is 35.9 Å². The Kier molecular flexibility index (Phi) is 6.90. The highest BCUT2D eigenvalue weighted by molar-refractivity contribution is 7.52. The second-order valence-corrected chi connectivity index (χ2v) is 7.27. The molecule has 3 atom stereocenters. The van der Waals surface area contributed by atoms with E-state index in [-0.39, 0.29) is 6.42 Å². The zero-order valence-corrected chi connectivity index (χ0v) is 13.9. The van der Waals surface area contributed by atoms with Crippen LogP contribution in [-0.4, -0.2) is 39.5 Å². The molecule has 0 saturated heterocycles. The fourth-order valence-corrected chi connectivity index (χ4v) is 2.05. The Hall–Kier alpha value is -1.73. The summed E-state index contributed by atoms with van der Waals surface area (Å²) in [5.41, 5.74) is 6.27. The Balaban J connectivity index is 2.87. The summed E-state index contributed by atoms with van der Waals surface area (Å²) in [6.45, 7) is 2.68. The average Bonchev–Trinajstić information content (AvgIpc) is 2.46. The van der Waals surface area contributed by atoms with E-state index in [1.54, 1.807) is 24.3 Å². The van der Waals surface area contributed by atoms with Crippen molar-refractivity contribution in [3.63, 3.8) is 0 Å². The van der Waals surface area contributed by atoms with E-state index in [9.17, 15) is 14.2 Å². The molecule has 0 aliphatic heterocycles. The lowest BCUT2D eigenvalue weighted by atomic mass is 10.0. The van der Waals surface area contributed by atoms with Crippen molar-refractivity contribution in [3.8, 4) is 0 Å². The number of hydrogen-bond donors (Lipinski definition) is 5.